The molecule has 0 bridgehead atoms. The second-order valence-electron chi connectivity index (χ2n) is 7.04. The highest BCUT2D eigenvalue weighted by molar-refractivity contribution is 6.32. The molecule has 0 aliphatic carbocycles. The van der Waals surface area contributed by atoms with Crippen molar-refractivity contribution in [3.63, 3.8) is 0 Å². The predicted octanol–water partition coefficient (Wildman–Crippen LogP) is 4.51. The van der Waals surface area contributed by atoms with E-state index in [9.17, 15) is 9.59 Å². The van der Waals surface area contributed by atoms with Crippen molar-refractivity contribution >= 4 is 35.1 Å². The van der Waals surface area contributed by atoms with E-state index in [0.29, 0.717) is 52.3 Å². The molecule has 2 aromatic carbocycles. The number of benzene rings is 2. The average molecular weight is 435 g/mol. The summed E-state index contributed by atoms with van der Waals surface area (Å²) in [6, 6.07) is 9.95. The normalized spacial score (nSPS) is 21.1. The lowest BCUT2D eigenvalue weighted by molar-refractivity contribution is -0.132. The molecule has 2 aliphatic heterocycles. The van der Waals surface area contributed by atoms with Crippen LogP contribution in [0.25, 0.3) is 0 Å². The molecule has 0 aromatic heterocycles. The van der Waals surface area contributed by atoms with E-state index >= 15 is 0 Å². The first kappa shape index (κ1) is 19.9. The molecule has 1 fully saturated rings. The molecule has 2 heterocycles. The summed E-state index contributed by atoms with van der Waals surface area (Å²) < 4.78 is 11.3. The third kappa shape index (κ3) is 3.51. The Labute approximate surface area is 178 Å². The summed E-state index contributed by atoms with van der Waals surface area (Å²) in [7, 11) is 0. The number of hydrogen-bond donors (Lipinski definition) is 1. The number of amides is 3. The van der Waals surface area contributed by atoms with Crippen LogP contribution in [0.15, 0.2) is 36.4 Å². The van der Waals surface area contributed by atoms with Gasteiger partial charge in [-0.05, 0) is 41.8 Å². The van der Waals surface area contributed by atoms with E-state index in [1.165, 1.54) is 4.90 Å². The summed E-state index contributed by atoms with van der Waals surface area (Å²) in [4.78, 5) is 27.2. The van der Waals surface area contributed by atoms with Gasteiger partial charge in [0.2, 0.25) is 0 Å². The molecule has 2 aliphatic rings. The number of rotatable bonds is 4. The first-order valence-corrected chi connectivity index (χ1v) is 10.2. The first-order valence-electron chi connectivity index (χ1n) is 9.43. The van der Waals surface area contributed by atoms with Gasteiger partial charge in [0.05, 0.1) is 24.8 Å². The average Bonchev–Trinajstić information content (AvgIpc) is 2.87. The van der Waals surface area contributed by atoms with Gasteiger partial charge < -0.3 is 14.8 Å². The lowest BCUT2D eigenvalue weighted by Crippen LogP contribution is -2.43. The van der Waals surface area contributed by atoms with Gasteiger partial charge >= 0.3 is 6.03 Å². The van der Waals surface area contributed by atoms with Crippen LogP contribution in [0.1, 0.15) is 30.9 Å². The number of carbonyl (C=O) groups is 2. The standard InChI is InChI=1S/C21H20Cl2N2O4/c1-2-21(14-4-6-15(22)7-5-14)19(26)25(20(27)24-21)12-13-10-16(23)18-17(11-13)28-8-3-9-29-18/h4-7,10-11H,2-3,8-9,12H2,1H3,(H,24,27). The van der Waals surface area contributed by atoms with E-state index in [-0.39, 0.29) is 12.5 Å². The monoisotopic (exact) mass is 434 g/mol. The maximum absolute atomic E-state index is 13.3. The molecule has 8 heteroatoms. The minimum Gasteiger partial charge on any atom is -0.489 e. The Bertz CT molecular complexity index is 964. The quantitative estimate of drug-likeness (QED) is 0.718. The van der Waals surface area contributed by atoms with Crippen molar-refractivity contribution in [1.29, 1.82) is 0 Å². The topological polar surface area (TPSA) is 67.9 Å². The van der Waals surface area contributed by atoms with Crippen LogP contribution in [0.3, 0.4) is 0 Å². The van der Waals surface area contributed by atoms with Crippen LogP contribution >= 0.6 is 23.2 Å². The highest BCUT2D eigenvalue weighted by Gasteiger charge is 2.51. The van der Waals surface area contributed by atoms with E-state index in [0.717, 1.165) is 6.42 Å². The van der Waals surface area contributed by atoms with Crippen molar-refractivity contribution in [2.45, 2.75) is 31.8 Å². The minimum absolute atomic E-state index is 0.0797. The molecule has 0 saturated carbocycles. The van der Waals surface area contributed by atoms with E-state index in [1.54, 1.807) is 36.4 Å². The van der Waals surface area contributed by atoms with Crippen LogP contribution in [0, 0.1) is 0 Å². The molecular weight excluding hydrogens is 415 g/mol. The summed E-state index contributed by atoms with van der Waals surface area (Å²) >= 11 is 12.3. The zero-order valence-electron chi connectivity index (χ0n) is 15.8. The lowest BCUT2D eigenvalue weighted by Gasteiger charge is -2.26. The lowest BCUT2D eigenvalue weighted by atomic mass is 9.87. The van der Waals surface area contributed by atoms with Gasteiger partial charge in [-0.25, -0.2) is 4.79 Å². The molecule has 152 valence electrons. The number of nitrogens with zero attached hydrogens (tertiary/aromatic N) is 1. The molecular formula is C21H20Cl2N2O4. The van der Waals surface area contributed by atoms with Crippen LogP contribution in [0.2, 0.25) is 10.0 Å². The zero-order chi connectivity index (χ0) is 20.6. The molecule has 3 amide bonds. The molecule has 2 aromatic rings. The van der Waals surface area contributed by atoms with Gasteiger partial charge in [0, 0.05) is 11.4 Å². The van der Waals surface area contributed by atoms with Crippen molar-refractivity contribution in [2.24, 2.45) is 0 Å². The smallest absolute Gasteiger partial charge is 0.325 e. The number of urea groups is 1. The number of nitrogens with one attached hydrogen (secondary N) is 1. The van der Waals surface area contributed by atoms with Crippen LogP contribution in [0.5, 0.6) is 11.5 Å². The fourth-order valence-corrected chi connectivity index (χ4v) is 4.12. The number of halogens is 2. The number of carbonyl (C=O) groups excluding carboxylic acids is 2. The summed E-state index contributed by atoms with van der Waals surface area (Å²) in [5.74, 6) is 0.709. The Hall–Kier alpha value is -2.44. The third-order valence-corrected chi connectivity index (χ3v) is 5.78. The van der Waals surface area contributed by atoms with Crippen molar-refractivity contribution in [2.75, 3.05) is 13.2 Å². The Kier molecular flexibility index (Phi) is 5.32. The maximum atomic E-state index is 13.3. The van der Waals surface area contributed by atoms with Crippen molar-refractivity contribution in [1.82, 2.24) is 10.2 Å². The third-order valence-electron chi connectivity index (χ3n) is 5.25. The Morgan fingerprint density at radius 1 is 1.10 bits per heavy atom. The van der Waals surface area contributed by atoms with Gasteiger partial charge in [0.15, 0.2) is 11.5 Å². The summed E-state index contributed by atoms with van der Waals surface area (Å²) in [6.45, 7) is 2.99. The number of imide groups is 1. The number of hydrogen-bond acceptors (Lipinski definition) is 4. The van der Waals surface area contributed by atoms with E-state index in [4.69, 9.17) is 32.7 Å². The minimum atomic E-state index is -1.11. The molecule has 1 N–H and O–H groups in total. The second kappa shape index (κ2) is 7.76. The zero-order valence-corrected chi connectivity index (χ0v) is 17.3. The van der Waals surface area contributed by atoms with Crippen molar-refractivity contribution in [3.05, 3.63) is 57.6 Å². The largest absolute Gasteiger partial charge is 0.489 e. The molecule has 0 radical (unpaired) electrons. The van der Waals surface area contributed by atoms with Crippen molar-refractivity contribution in [3.8, 4) is 11.5 Å². The Morgan fingerprint density at radius 3 is 2.55 bits per heavy atom. The highest BCUT2D eigenvalue weighted by Crippen LogP contribution is 2.39. The highest BCUT2D eigenvalue weighted by atomic mass is 35.5. The van der Waals surface area contributed by atoms with Gasteiger partial charge in [-0.1, -0.05) is 42.3 Å². The summed E-state index contributed by atoms with van der Waals surface area (Å²) in [6.07, 6.45) is 1.17. The van der Waals surface area contributed by atoms with E-state index in [2.05, 4.69) is 5.32 Å². The fraction of sp³-hybridized carbons (Fsp3) is 0.333. The molecule has 1 unspecified atom stereocenters. The van der Waals surface area contributed by atoms with Gasteiger partial charge in [-0.2, -0.15) is 0 Å². The van der Waals surface area contributed by atoms with E-state index < -0.39 is 11.6 Å². The van der Waals surface area contributed by atoms with Crippen LogP contribution in [-0.4, -0.2) is 30.1 Å². The van der Waals surface area contributed by atoms with E-state index in [1.807, 2.05) is 6.92 Å². The molecule has 6 nitrogen and oxygen atoms in total. The van der Waals surface area contributed by atoms with Crippen LogP contribution in [0.4, 0.5) is 4.79 Å². The Morgan fingerprint density at radius 2 is 1.83 bits per heavy atom. The molecule has 1 saturated heterocycles. The fourth-order valence-electron chi connectivity index (χ4n) is 3.70. The predicted molar refractivity (Wildman–Crippen MR) is 110 cm³/mol. The first-order chi connectivity index (χ1) is 13.9. The summed E-state index contributed by atoms with van der Waals surface area (Å²) in [5.41, 5.74) is 0.268. The molecule has 0 spiro atoms. The SMILES string of the molecule is CCC1(c2ccc(Cl)cc2)NC(=O)N(Cc2cc(Cl)c3c(c2)OCCCO3)C1=O. The summed E-state index contributed by atoms with van der Waals surface area (Å²) in [5, 5.41) is 3.82. The van der Waals surface area contributed by atoms with Gasteiger partial charge in [-0.3, -0.25) is 9.69 Å². The number of ether oxygens (including phenoxy) is 2. The molecule has 29 heavy (non-hydrogen) atoms. The van der Waals surface area contributed by atoms with Gasteiger partial charge in [-0.15, -0.1) is 0 Å². The molecule has 1 atom stereocenters. The van der Waals surface area contributed by atoms with Crippen LogP contribution < -0.4 is 14.8 Å². The van der Waals surface area contributed by atoms with Crippen molar-refractivity contribution < 1.29 is 19.1 Å². The maximum Gasteiger partial charge on any atom is 0.325 e. The van der Waals surface area contributed by atoms with Gasteiger partial charge in [0.1, 0.15) is 5.54 Å². The molecule has 4 rings (SSSR count). The number of fused-ring (bicyclic) bond motifs is 1. The Balaban J connectivity index is 1.64. The second-order valence-corrected chi connectivity index (χ2v) is 7.89. The van der Waals surface area contributed by atoms with Crippen LogP contribution in [-0.2, 0) is 16.9 Å². The van der Waals surface area contributed by atoms with Gasteiger partial charge in [0.25, 0.3) is 5.91 Å².